The number of aryl methyl sites for hydroxylation is 1. The SMILES string of the molecule is CCCCCCNCc1cc(OC)c(OCc2ccccc2C)cc1Br. The molecule has 0 bridgehead atoms. The van der Waals surface area contributed by atoms with Gasteiger partial charge < -0.3 is 14.8 Å². The number of halogens is 1. The minimum absolute atomic E-state index is 0.532. The van der Waals surface area contributed by atoms with Gasteiger partial charge in [-0.2, -0.15) is 0 Å². The van der Waals surface area contributed by atoms with Gasteiger partial charge in [-0.15, -0.1) is 0 Å². The summed E-state index contributed by atoms with van der Waals surface area (Å²) in [5, 5.41) is 3.51. The predicted octanol–water partition coefficient (Wildman–Crippen LogP) is 6.02. The first-order valence-corrected chi connectivity index (χ1v) is 10.2. The lowest BCUT2D eigenvalue weighted by atomic mass is 10.1. The van der Waals surface area contributed by atoms with Crippen molar-refractivity contribution in [1.82, 2.24) is 5.32 Å². The van der Waals surface area contributed by atoms with Gasteiger partial charge in [0, 0.05) is 11.0 Å². The fourth-order valence-corrected chi connectivity index (χ4v) is 3.27. The van der Waals surface area contributed by atoms with E-state index < -0.39 is 0 Å². The average molecular weight is 420 g/mol. The summed E-state index contributed by atoms with van der Waals surface area (Å²) in [6, 6.07) is 12.3. The van der Waals surface area contributed by atoms with Gasteiger partial charge in [0.25, 0.3) is 0 Å². The van der Waals surface area contributed by atoms with Gasteiger partial charge in [-0.3, -0.25) is 0 Å². The standard InChI is InChI=1S/C22H30BrNO2/c1-4-5-6-9-12-24-15-19-13-21(25-3)22(14-20(19)23)26-16-18-11-8-7-10-17(18)2/h7-8,10-11,13-14,24H,4-6,9,12,15-16H2,1-3H3. The normalized spacial score (nSPS) is 10.8. The van der Waals surface area contributed by atoms with Crippen LogP contribution < -0.4 is 14.8 Å². The van der Waals surface area contributed by atoms with Crippen molar-refractivity contribution in [2.75, 3.05) is 13.7 Å². The monoisotopic (exact) mass is 419 g/mol. The summed E-state index contributed by atoms with van der Waals surface area (Å²) in [5.74, 6) is 1.53. The lowest BCUT2D eigenvalue weighted by Gasteiger charge is -2.15. The van der Waals surface area contributed by atoms with Crippen molar-refractivity contribution in [3.63, 3.8) is 0 Å². The van der Waals surface area contributed by atoms with Gasteiger partial charge >= 0.3 is 0 Å². The van der Waals surface area contributed by atoms with Gasteiger partial charge in [-0.1, -0.05) is 66.4 Å². The van der Waals surface area contributed by atoms with E-state index in [1.165, 1.54) is 42.4 Å². The molecule has 3 nitrogen and oxygen atoms in total. The van der Waals surface area contributed by atoms with Gasteiger partial charge in [0.2, 0.25) is 0 Å². The Morgan fingerprint density at radius 2 is 1.81 bits per heavy atom. The van der Waals surface area contributed by atoms with E-state index in [-0.39, 0.29) is 0 Å². The minimum atomic E-state index is 0.532. The van der Waals surface area contributed by atoms with Crippen LogP contribution in [-0.2, 0) is 13.2 Å². The zero-order valence-corrected chi connectivity index (χ0v) is 17.7. The molecule has 0 unspecified atom stereocenters. The number of ether oxygens (including phenoxy) is 2. The third kappa shape index (κ3) is 6.33. The molecular formula is C22H30BrNO2. The van der Waals surface area contributed by atoms with Gasteiger partial charge in [-0.05, 0) is 48.7 Å². The van der Waals surface area contributed by atoms with E-state index in [1.54, 1.807) is 7.11 Å². The Hall–Kier alpha value is -1.52. The number of benzene rings is 2. The van der Waals surface area contributed by atoms with Gasteiger partial charge in [0.05, 0.1) is 7.11 Å². The first-order chi connectivity index (χ1) is 12.7. The molecule has 0 aliphatic heterocycles. The Kier molecular flexibility index (Phi) is 8.99. The highest BCUT2D eigenvalue weighted by Gasteiger charge is 2.11. The van der Waals surface area contributed by atoms with Crippen LogP contribution in [0.2, 0.25) is 0 Å². The van der Waals surface area contributed by atoms with Crippen molar-refractivity contribution < 1.29 is 9.47 Å². The quantitative estimate of drug-likeness (QED) is 0.451. The number of nitrogens with one attached hydrogen (secondary N) is 1. The van der Waals surface area contributed by atoms with E-state index in [0.29, 0.717) is 6.61 Å². The molecule has 0 radical (unpaired) electrons. The van der Waals surface area contributed by atoms with Crippen molar-refractivity contribution in [3.8, 4) is 11.5 Å². The Labute approximate surface area is 166 Å². The van der Waals surface area contributed by atoms with Gasteiger partial charge in [0.15, 0.2) is 11.5 Å². The maximum Gasteiger partial charge on any atom is 0.162 e. The molecule has 2 aromatic rings. The predicted molar refractivity (Wildman–Crippen MR) is 112 cm³/mol. The van der Waals surface area contributed by atoms with Crippen molar-refractivity contribution in [1.29, 1.82) is 0 Å². The Morgan fingerprint density at radius 3 is 2.54 bits per heavy atom. The van der Waals surface area contributed by atoms with Crippen LogP contribution in [0.15, 0.2) is 40.9 Å². The molecule has 1 N–H and O–H groups in total. The van der Waals surface area contributed by atoms with E-state index in [1.807, 2.05) is 18.2 Å². The average Bonchev–Trinajstić information content (AvgIpc) is 2.65. The molecule has 4 heteroatoms. The van der Waals surface area contributed by atoms with Crippen molar-refractivity contribution >= 4 is 15.9 Å². The molecule has 0 spiro atoms. The van der Waals surface area contributed by atoms with Gasteiger partial charge in [0.1, 0.15) is 6.61 Å². The van der Waals surface area contributed by atoms with E-state index >= 15 is 0 Å². The second kappa shape index (κ2) is 11.2. The molecular weight excluding hydrogens is 390 g/mol. The van der Waals surface area contributed by atoms with Crippen LogP contribution in [0.5, 0.6) is 11.5 Å². The van der Waals surface area contributed by atoms with E-state index in [4.69, 9.17) is 9.47 Å². The number of hydrogen-bond acceptors (Lipinski definition) is 3. The maximum atomic E-state index is 6.03. The fraction of sp³-hybridized carbons (Fsp3) is 0.455. The molecule has 0 amide bonds. The molecule has 0 aliphatic carbocycles. The molecule has 0 saturated heterocycles. The smallest absolute Gasteiger partial charge is 0.162 e. The minimum Gasteiger partial charge on any atom is -0.493 e. The van der Waals surface area contributed by atoms with Crippen molar-refractivity contribution in [3.05, 3.63) is 57.6 Å². The molecule has 0 heterocycles. The van der Waals surface area contributed by atoms with Crippen LogP contribution in [0.4, 0.5) is 0 Å². The zero-order chi connectivity index (χ0) is 18.8. The van der Waals surface area contributed by atoms with Crippen LogP contribution >= 0.6 is 15.9 Å². The molecule has 0 fully saturated rings. The number of rotatable bonds is 11. The topological polar surface area (TPSA) is 30.5 Å². The highest BCUT2D eigenvalue weighted by atomic mass is 79.9. The van der Waals surface area contributed by atoms with Crippen LogP contribution in [0.25, 0.3) is 0 Å². The summed E-state index contributed by atoms with van der Waals surface area (Å²) < 4.78 is 12.6. The Morgan fingerprint density at radius 1 is 1.00 bits per heavy atom. The fourth-order valence-electron chi connectivity index (χ4n) is 2.81. The molecule has 2 aromatic carbocycles. The molecule has 0 aromatic heterocycles. The number of unbranched alkanes of at least 4 members (excludes halogenated alkanes) is 3. The molecule has 0 aliphatic rings. The highest BCUT2D eigenvalue weighted by molar-refractivity contribution is 9.10. The Balaban J connectivity index is 1.96. The van der Waals surface area contributed by atoms with Crippen LogP contribution in [0, 0.1) is 6.92 Å². The van der Waals surface area contributed by atoms with E-state index in [0.717, 1.165) is 29.1 Å². The van der Waals surface area contributed by atoms with Gasteiger partial charge in [-0.25, -0.2) is 0 Å². The van der Waals surface area contributed by atoms with Crippen LogP contribution in [0.1, 0.15) is 49.3 Å². The molecule has 142 valence electrons. The summed E-state index contributed by atoms with van der Waals surface area (Å²) >= 11 is 3.67. The summed E-state index contributed by atoms with van der Waals surface area (Å²) in [4.78, 5) is 0. The second-order valence-corrected chi connectivity index (χ2v) is 7.40. The second-order valence-electron chi connectivity index (χ2n) is 6.55. The summed E-state index contributed by atoms with van der Waals surface area (Å²) in [5.41, 5.74) is 3.60. The largest absolute Gasteiger partial charge is 0.493 e. The van der Waals surface area contributed by atoms with Crippen molar-refractivity contribution in [2.45, 2.75) is 52.7 Å². The number of hydrogen-bond donors (Lipinski definition) is 1. The number of methoxy groups -OCH3 is 1. The van der Waals surface area contributed by atoms with E-state index in [9.17, 15) is 0 Å². The summed E-state index contributed by atoms with van der Waals surface area (Å²) in [6.45, 7) is 6.73. The molecule has 2 rings (SSSR count). The first-order valence-electron chi connectivity index (χ1n) is 9.40. The van der Waals surface area contributed by atoms with Crippen LogP contribution in [-0.4, -0.2) is 13.7 Å². The van der Waals surface area contributed by atoms with E-state index in [2.05, 4.69) is 53.3 Å². The maximum absolute atomic E-state index is 6.03. The molecule has 0 saturated carbocycles. The molecule has 0 atom stereocenters. The molecule has 26 heavy (non-hydrogen) atoms. The third-order valence-corrected chi connectivity index (χ3v) is 5.24. The van der Waals surface area contributed by atoms with Crippen LogP contribution in [0.3, 0.4) is 0 Å². The zero-order valence-electron chi connectivity index (χ0n) is 16.1. The lowest BCUT2D eigenvalue weighted by Crippen LogP contribution is -2.15. The third-order valence-electron chi connectivity index (χ3n) is 4.50. The van der Waals surface area contributed by atoms with Crippen molar-refractivity contribution in [2.24, 2.45) is 0 Å². The Bertz CT molecular complexity index is 688. The summed E-state index contributed by atoms with van der Waals surface area (Å²) in [6.07, 6.45) is 5.10. The highest BCUT2D eigenvalue weighted by Crippen LogP contribution is 2.34. The summed E-state index contributed by atoms with van der Waals surface area (Å²) in [7, 11) is 1.69. The lowest BCUT2D eigenvalue weighted by molar-refractivity contribution is 0.283. The first kappa shape index (κ1) is 20.8.